The number of carbonyl (C=O) groups excluding carboxylic acids is 1. The first-order valence-corrected chi connectivity index (χ1v) is 6.68. The van der Waals surface area contributed by atoms with Gasteiger partial charge in [0.25, 0.3) is 0 Å². The van der Waals surface area contributed by atoms with Crippen LogP contribution in [0.15, 0.2) is 0 Å². The van der Waals surface area contributed by atoms with E-state index < -0.39 is 0 Å². The number of nitrogens with one attached hydrogen (secondary N) is 2. The maximum atomic E-state index is 11.9. The zero-order valence-electron chi connectivity index (χ0n) is 11.6. The van der Waals surface area contributed by atoms with E-state index in [1.807, 2.05) is 4.90 Å². The predicted molar refractivity (Wildman–Crippen MR) is 82.6 cm³/mol. The number of nitrogens with zero attached hydrogens (tertiary/aromatic N) is 2. The topological polar surface area (TPSA) is 47.6 Å². The number of likely N-dealkylation sites (N-methyl/N-ethyl adjacent to an activating group) is 1. The van der Waals surface area contributed by atoms with Crippen LogP contribution in [0.3, 0.4) is 0 Å². The molecule has 2 aliphatic rings. The number of piperidine rings is 1. The van der Waals surface area contributed by atoms with Gasteiger partial charge in [0, 0.05) is 32.7 Å². The summed E-state index contributed by atoms with van der Waals surface area (Å²) >= 11 is 0. The van der Waals surface area contributed by atoms with E-state index in [1.165, 1.54) is 12.8 Å². The molecule has 0 aromatic carbocycles. The normalized spacial score (nSPS) is 21.2. The van der Waals surface area contributed by atoms with Gasteiger partial charge in [-0.15, -0.1) is 24.8 Å². The molecule has 0 saturated carbocycles. The summed E-state index contributed by atoms with van der Waals surface area (Å²) in [5, 5.41) is 6.42. The van der Waals surface area contributed by atoms with Crippen LogP contribution in [0.4, 0.5) is 4.79 Å². The molecule has 2 fully saturated rings. The molecular weight excluding hydrogens is 287 g/mol. The van der Waals surface area contributed by atoms with Crippen LogP contribution in [0.2, 0.25) is 0 Å². The third-order valence-corrected chi connectivity index (χ3v) is 3.79. The van der Waals surface area contributed by atoms with E-state index in [0.29, 0.717) is 5.92 Å². The lowest BCUT2D eigenvalue weighted by atomic mass is 9.98. The zero-order valence-corrected chi connectivity index (χ0v) is 13.2. The zero-order chi connectivity index (χ0) is 12.1. The summed E-state index contributed by atoms with van der Waals surface area (Å²) in [6.07, 6.45) is 2.37. The van der Waals surface area contributed by atoms with Gasteiger partial charge < -0.3 is 20.4 Å². The molecule has 2 rings (SSSR count). The Morgan fingerprint density at radius 1 is 1.16 bits per heavy atom. The Balaban J connectivity index is 0.00000162. The summed E-state index contributed by atoms with van der Waals surface area (Å²) in [6.45, 7) is 6.71. The van der Waals surface area contributed by atoms with Crippen molar-refractivity contribution in [2.75, 3.05) is 52.9 Å². The average Bonchev–Trinajstić information content (AvgIpc) is 2.38. The molecule has 0 aromatic rings. The lowest BCUT2D eigenvalue weighted by Crippen LogP contribution is -2.51. The van der Waals surface area contributed by atoms with Gasteiger partial charge >= 0.3 is 6.03 Å². The average molecular weight is 313 g/mol. The third kappa shape index (κ3) is 6.17. The summed E-state index contributed by atoms with van der Waals surface area (Å²) in [7, 11) is 2.10. The van der Waals surface area contributed by atoms with Crippen molar-refractivity contribution < 1.29 is 4.79 Å². The summed E-state index contributed by atoms with van der Waals surface area (Å²) in [5.41, 5.74) is 0. The van der Waals surface area contributed by atoms with Gasteiger partial charge in [-0.25, -0.2) is 4.79 Å². The second-order valence-corrected chi connectivity index (χ2v) is 5.17. The number of carbonyl (C=O) groups is 1. The molecule has 0 unspecified atom stereocenters. The number of hydrogen-bond donors (Lipinski definition) is 2. The number of piperazine rings is 1. The second-order valence-electron chi connectivity index (χ2n) is 5.17. The van der Waals surface area contributed by atoms with Gasteiger partial charge in [-0.05, 0) is 38.9 Å². The highest BCUT2D eigenvalue weighted by atomic mass is 35.5. The molecule has 114 valence electrons. The van der Waals surface area contributed by atoms with Gasteiger partial charge in [-0.3, -0.25) is 0 Å². The second kappa shape index (κ2) is 9.64. The Labute approximate surface area is 128 Å². The van der Waals surface area contributed by atoms with Crippen molar-refractivity contribution in [3.63, 3.8) is 0 Å². The van der Waals surface area contributed by atoms with Crippen molar-refractivity contribution in [1.82, 2.24) is 20.4 Å². The maximum absolute atomic E-state index is 11.9. The lowest BCUT2D eigenvalue weighted by Gasteiger charge is -2.33. The van der Waals surface area contributed by atoms with Gasteiger partial charge in [-0.2, -0.15) is 0 Å². The van der Waals surface area contributed by atoms with Crippen molar-refractivity contribution in [2.45, 2.75) is 12.8 Å². The predicted octanol–water partition coefficient (Wildman–Crippen LogP) is 0.787. The molecule has 2 heterocycles. The first kappa shape index (κ1) is 18.8. The van der Waals surface area contributed by atoms with Crippen LogP contribution in [0, 0.1) is 5.92 Å². The minimum Gasteiger partial charge on any atom is -0.338 e. The summed E-state index contributed by atoms with van der Waals surface area (Å²) < 4.78 is 0. The Bertz CT molecular complexity index is 254. The number of amides is 2. The molecule has 0 atom stereocenters. The van der Waals surface area contributed by atoms with Crippen molar-refractivity contribution in [2.24, 2.45) is 5.92 Å². The van der Waals surface area contributed by atoms with E-state index in [9.17, 15) is 4.79 Å². The highest BCUT2D eigenvalue weighted by Crippen LogP contribution is 2.10. The molecule has 0 radical (unpaired) electrons. The fourth-order valence-electron chi connectivity index (χ4n) is 2.44. The van der Waals surface area contributed by atoms with Crippen molar-refractivity contribution in [3.8, 4) is 0 Å². The van der Waals surface area contributed by atoms with Crippen LogP contribution in [0.5, 0.6) is 0 Å². The first-order chi connectivity index (χ1) is 8.25. The minimum absolute atomic E-state index is 0. The van der Waals surface area contributed by atoms with Crippen LogP contribution in [-0.4, -0.2) is 68.7 Å². The molecule has 2 N–H and O–H groups in total. The SMILES string of the molecule is CN1CCN(C(=O)NCC2CCNCC2)CC1.Cl.Cl. The van der Waals surface area contributed by atoms with Crippen molar-refractivity contribution in [1.29, 1.82) is 0 Å². The fourth-order valence-corrected chi connectivity index (χ4v) is 2.44. The lowest BCUT2D eigenvalue weighted by molar-refractivity contribution is 0.152. The fraction of sp³-hybridized carbons (Fsp3) is 0.917. The Morgan fingerprint density at radius 2 is 1.74 bits per heavy atom. The molecule has 2 amide bonds. The van der Waals surface area contributed by atoms with Gasteiger partial charge in [0.2, 0.25) is 0 Å². The highest BCUT2D eigenvalue weighted by molar-refractivity contribution is 5.85. The minimum atomic E-state index is 0. The van der Waals surface area contributed by atoms with Gasteiger partial charge in [0.15, 0.2) is 0 Å². The number of urea groups is 1. The van der Waals surface area contributed by atoms with Crippen LogP contribution in [0.1, 0.15) is 12.8 Å². The molecule has 0 aromatic heterocycles. The molecule has 2 aliphatic heterocycles. The van der Waals surface area contributed by atoms with Gasteiger partial charge in [-0.1, -0.05) is 0 Å². The molecule has 2 saturated heterocycles. The quantitative estimate of drug-likeness (QED) is 0.792. The number of halogens is 2. The molecule has 5 nitrogen and oxygen atoms in total. The summed E-state index contributed by atoms with van der Waals surface area (Å²) in [6, 6.07) is 0.122. The van der Waals surface area contributed by atoms with E-state index in [2.05, 4.69) is 22.6 Å². The summed E-state index contributed by atoms with van der Waals surface area (Å²) in [5.74, 6) is 0.660. The van der Waals surface area contributed by atoms with E-state index >= 15 is 0 Å². The molecule has 0 bridgehead atoms. The summed E-state index contributed by atoms with van der Waals surface area (Å²) in [4.78, 5) is 16.1. The van der Waals surface area contributed by atoms with Crippen LogP contribution in [-0.2, 0) is 0 Å². The third-order valence-electron chi connectivity index (χ3n) is 3.79. The first-order valence-electron chi connectivity index (χ1n) is 6.68. The van der Waals surface area contributed by atoms with Gasteiger partial charge in [0.1, 0.15) is 0 Å². The Kier molecular flexibility index (Phi) is 9.52. The van der Waals surface area contributed by atoms with E-state index in [4.69, 9.17) is 0 Å². The standard InChI is InChI=1S/C12H24N4O.2ClH/c1-15-6-8-16(9-7-15)12(17)14-10-11-2-4-13-5-3-11;;/h11,13H,2-10H2,1H3,(H,14,17);2*1H. The van der Waals surface area contributed by atoms with Crippen molar-refractivity contribution in [3.05, 3.63) is 0 Å². The highest BCUT2D eigenvalue weighted by Gasteiger charge is 2.20. The van der Waals surface area contributed by atoms with Crippen molar-refractivity contribution >= 4 is 30.8 Å². The van der Waals surface area contributed by atoms with Crippen LogP contribution in [0.25, 0.3) is 0 Å². The Hall–Kier alpha value is -0.230. The molecule has 0 spiro atoms. The number of rotatable bonds is 2. The molecule has 0 aliphatic carbocycles. The van der Waals surface area contributed by atoms with Crippen LogP contribution >= 0.6 is 24.8 Å². The molecule has 19 heavy (non-hydrogen) atoms. The molecule has 7 heteroatoms. The van der Waals surface area contributed by atoms with E-state index in [1.54, 1.807) is 0 Å². The van der Waals surface area contributed by atoms with E-state index in [-0.39, 0.29) is 30.8 Å². The largest absolute Gasteiger partial charge is 0.338 e. The van der Waals surface area contributed by atoms with Crippen LogP contribution < -0.4 is 10.6 Å². The maximum Gasteiger partial charge on any atom is 0.317 e. The monoisotopic (exact) mass is 312 g/mol. The van der Waals surface area contributed by atoms with E-state index in [0.717, 1.165) is 45.8 Å². The number of hydrogen-bond acceptors (Lipinski definition) is 3. The van der Waals surface area contributed by atoms with Gasteiger partial charge in [0.05, 0.1) is 0 Å². The smallest absolute Gasteiger partial charge is 0.317 e. The molecular formula is C12H26Cl2N4O. The Morgan fingerprint density at radius 3 is 2.32 bits per heavy atom.